The van der Waals surface area contributed by atoms with Crippen molar-refractivity contribution >= 4 is 39.6 Å². The van der Waals surface area contributed by atoms with Gasteiger partial charge in [0.1, 0.15) is 0 Å². The molecule has 20 heavy (non-hydrogen) atoms. The Bertz CT molecular complexity index is 762. The average molecular weight is 286 g/mol. The van der Waals surface area contributed by atoms with Gasteiger partial charge in [-0.1, -0.05) is 17.7 Å². The fourth-order valence-electron chi connectivity index (χ4n) is 2.29. The number of anilines is 3. The Morgan fingerprint density at radius 3 is 2.65 bits per heavy atom. The van der Waals surface area contributed by atoms with Crippen molar-refractivity contribution in [2.24, 2.45) is 0 Å². The summed E-state index contributed by atoms with van der Waals surface area (Å²) in [4.78, 5) is 3.25. The van der Waals surface area contributed by atoms with E-state index >= 15 is 0 Å². The van der Waals surface area contributed by atoms with Crippen LogP contribution in [0.25, 0.3) is 10.9 Å². The van der Waals surface area contributed by atoms with Gasteiger partial charge >= 0.3 is 0 Å². The first-order valence-corrected chi connectivity index (χ1v) is 6.87. The summed E-state index contributed by atoms with van der Waals surface area (Å²) in [5, 5.41) is 8.41. The van der Waals surface area contributed by atoms with Crippen LogP contribution in [0.2, 0.25) is 5.02 Å². The number of halogens is 1. The zero-order chi connectivity index (χ0) is 14.1. The normalized spacial score (nSPS) is 10.8. The predicted octanol–water partition coefficient (Wildman–Crippen LogP) is 4.92. The Kier molecular flexibility index (Phi) is 3.28. The van der Waals surface area contributed by atoms with Gasteiger partial charge in [0.2, 0.25) is 0 Å². The van der Waals surface area contributed by atoms with Crippen LogP contribution >= 0.6 is 11.6 Å². The third kappa shape index (κ3) is 2.32. The fraction of sp³-hybridized carbons (Fsp3) is 0.125. The number of nitrogens with one attached hydrogen (secondary N) is 3. The highest BCUT2D eigenvalue weighted by Crippen LogP contribution is 2.29. The lowest BCUT2D eigenvalue weighted by Crippen LogP contribution is -1.91. The third-order valence-electron chi connectivity index (χ3n) is 3.35. The molecule has 0 aliphatic heterocycles. The first-order chi connectivity index (χ1) is 9.67. The summed E-state index contributed by atoms with van der Waals surface area (Å²) in [7, 11) is 1.92. The maximum Gasteiger partial charge on any atom is 0.0643 e. The Balaban J connectivity index is 1.94. The molecule has 0 aliphatic rings. The second-order valence-electron chi connectivity index (χ2n) is 4.82. The molecule has 0 unspecified atom stereocenters. The summed E-state index contributed by atoms with van der Waals surface area (Å²) in [5.74, 6) is 0. The van der Waals surface area contributed by atoms with Crippen LogP contribution in [-0.4, -0.2) is 12.0 Å². The molecule has 0 radical (unpaired) electrons. The van der Waals surface area contributed by atoms with Crippen molar-refractivity contribution in [2.75, 3.05) is 17.7 Å². The van der Waals surface area contributed by atoms with E-state index in [-0.39, 0.29) is 0 Å². The number of fused-ring (bicyclic) bond motifs is 1. The molecule has 0 saturated carbocycles. The van der Waals surface area contributed by atoms with Gasteiger partial charge in [-0.3, -0.25) is 0 Å². The smallest absolute Gasteiger partial charge is 0.0643 e. The predicted molar refractivity (Wildman–Crippen MR) is 87.3 cm³/mol. The molecule has 1 aromatic heterocycles. The number of H-pyrrole nitrogens is 1. The summed E-state index contributed by atoms with van der Waals surface area (Å²) >= 11 is 6.24. The molecule has 2 aromatic carbocycles. The van der Waals surface area contributed by atoms with Crippen LogP contribution < -0.4 is 10.6 Å². The SMILES string of the molecule is CNc1c[nH]c2cc(Nc3ccc(C)cc3Cl)ccc12. The Labute approximate surface area is 123 Å². The van der Waals surface area contributed by atoms with Crippen LogP contribution in [0.1, 0.15) is 5.56 Å². The lowest BCUT2D eigenvalue weighted by Gasteiger charge is -2.09. The summed E-state index contributed by atoms with van der Waals surface area (Å²) in [6.45, 7) is 2.03. The largest absolute Gasteiger partial charge is 0.386 e. The van der Waals surface area contributed by atoms with E-state index in [4.69, 9.17) is 11.6 Å². The highest BCUT2D eigenvalue weighted by Gasteiger charge is 2.05. The second-order valence-corrected chi connectivity index (χ2v) is 5.23. The van der Waals surface area contributed by atoms with E-state index in [1.807, 2.05) is 44.4 Å². The molecule has 0 saturated heterocycles. The minimum absolute atomic E-state index is 0.729. The van der Waals surface area contributed by atoms with E-state index in [9.17, 15) is 0 Å². The van der Waals surface area contributed by atoms with Crippen molar-refractivity contribution in [2.45, 2.75) is 6.92 Å². The Morgan fingerprint density at radius 2 is 1.90 bits per heavy atom. The van der Waals surface area contributed by atoms with E-state index in [0.717, 1.165) is 33.2 Å². The molecule has 3 aromatic rings. The molecule has 0 amide bonds. The first-order valence-electron chi connectivity index (χ1n) is 6.49. The third-order valence-corrected chi connectivity index (χ3v) is 3.67. The van der Waals surface area contributed by atoms with Gasteiger partial charge in [0, 0.05) is 29.8 Å². The van der Waals surface area contributed by atoms with Crippen molar-refractivity contribution < 1.29 is 0 Å². The molecular formula is C16H16ClN3. The molecule has 3 rings (SSSR count). The topological polar surface area (TPSA) is 39.9 Å². The number of aromatic amines is 1. The quantitative estimate of drug-likeness (QED) is 0.639. The highest BCUT2D eigenvalue weighted by atomic mass is 35.5. The zero-order valence-corrected chi connectivity index (χ0v) is 12.2. The van der Waals surface area contributed by atoms with Gasteiger partial charge in [0.05, 0.1) is 16.4 Å². The van der Waals surface area contributed by atoms with Crippen molar-refractivity contribution in [1.82, 2.24) is 4.98 Å². The molecule has 1 heterocycles. The number of rotatable bonds is 3. The summed E-state index contributed by atoms with van der Waals surface area (Å²) in [6.07, 6.45) is 1.97. The lowest BCUT2D eigenvalue weighted by molar-refractivity contribution is 1.44. The van der Waals surface area contributed by atoms with Crippen molar-refractivity contribution in [3.05, 3.63) is 53.2 Å². The number of benzene rings is 2. The Hall–Kier alpha value is -2.13. The molecule has 0 spiro atoms. The van der Waals surface area contributed by atoms with Gasteiger partial charge in [-0.25, -0.2) is 0 Å². The van der Waals surface area contributed by atoms with Crippen LogP contribution in [0.15, 0.2) is 42.6 Å². The fourth-order valence-corrected chi connectivity index (χ4v) is 2.57. The minimum atomic E-state index is 0.729. The number of hydrogen-bond acceptors (Lipinski definition) is 2. The standard InChI is InChI=1S/C16H16ClN3/c1-10-3-6-14(13(17)7-10)20-11-4-5-12-15(8-11)19-9-16(12)18-2/h3-9,18-20H,1-2H3. The monoisotopic (exact) mass is 285 g/mol. The van der Waals surface area contributed by atoms with Crippen LogP contribution in [0.4, 0.5) is 17.1 Å². The molecule has 4 heteroatoms. The lowest BCUT2D eigenvalue weighted by atomic mass is 10.2. The van der Waals surface area contributed by atoms with E-state index in [1.54, 1.807) is 0 Å². The maximum absolute atomic E-state index is 6.24. The van der Waals surface area contributed by atoms with Gasteiger partial charge in [-0.15, -0.1) is 0 Å². The first kappa shape index (κ1) is 12.9. The van der Waals surface area contributed by atoms with Crippen molar-refractivity contribution in [3.63, 3.8) is 0 Å². The van der Waals surface area contributed by atoms with Gasteiger partial charge in [0.25, 0.3) is 0 Å². The molecule has 0 atom stereocenters. The number of hydrogen-bond donors (Lipinski definition) is 3. The van der Waals surface area contributed by atoms with Crippen molar-refractivity contribution in [1.29, 1.82) is 0 Å². The maximum atomic E-state index is 6.24. The number of aryl methyl sites for hydroxylation is 1. The highest BCUT2D eigenvalue weighted by molar-refractivity contribution is 6.33. The van der Waals surface area contributed by atoms with Crippen LogP contribution in [0, 0.1) is 6.92 Å². The van der Waals surface area contributed by atoms with E-state index in [2.05, 4.69) is 27.8 Å². The molecule has 0 aliphatic carbocycles. The zero-order valence-electron chi connectivity index (χ0n) is 11.4. The van der Waals surface area contributed by atoms with Crippen molar-refractivity contribution in [3.8, 4) is 0 Å². The van der Waals surface area contributed by atoms with Crippen LogP contribution in [0.5, 0.6) is 0 Å². The van der Waals surface area contributed by atoms with Gasteiger partial charge in [0.15, 0.2) is 0 Å². The number of aromatic nitrogens is 1. The molecule has 3 N–H and O–H groups in total. The summed E-state index contributed by atoms with van der Waals surface area (Å²) in [6, 6.07) is 12.2. The second kappa shape index (κ2) is 5.10. The van der Waals surface area contributed by atoms with E-state index in [1.165, 1.54) is 5.39 Å². The average Bonchev–Trinajstić information content (AvgIpc) is 2.84. The molecule has 3 nitrogen and oxygen atoms in total. The summed E-state index contributed by atoms with van der Waals surface area (Å²) < 4.78 is 0. The van der Waals surface area contributed by atoms with Crippen LogP contribution in [0.3, 0.4) is 0 Å². The van der Waals surface area contributed by atoms with Gasteiger partial charge < -0.3 is 15.6 Å². The molecule has 0 bridgehead atoms. The molecule has 102 valence electrons. The van der Waals surface area contributed by atoms with Gasteiger partial charge in [-0.2, -0.15) is 0 Å². The van der Waals surface area contributed by atoms with E-state index in [0.29, 0.717) is 0 Å². The summed E-state index contributed by atoms with van der Waals surface area (Å²) in [5.41, 5.74) is 5.26. The van der Waals surface area contributed by atoms with E-state index < -0.39 is 0 Å². The van der Waals surface area contributed by atoms with Gasteiger partial charge in [-0.05, 0) is 42.8 Å². The minimum Gasteiger partial charge on any atom is -0.386 e. The Morgan fingerprint density at radius 1 is 1.05 bits per heavy atom. The molecular weight excluding hydrogens is 270 g/mol. The molecule has 0 fully saturated rings. The van der Waals surface area contributed by atoms with Crippen LogP contribution in [-0.2, 0) is 0 Å².